The van der Waals surface area contributed by atoms with Crippen LogP contribution in [0.3, 0.4) is 0 Å². The lowest BCUT2D eigenvalue weighted by atomic mass is 10.1. The van der Waals surface area contributed by atoms with Gasteiger partial charge in [0.05, 0.1) is 61.7 Å². The van der Waals surface area contributed by atoms with Crippen molar-refractivity contribution in [2.45, 2.75) is 30.8 Å². The molecule has 36 nitrogen and oxygen atoms in total. The summed E-state index contributed by atoms with van der Waals surface area (Å²) < 4.78 is 86.7. The molecule has 1 N–H and O–H groups in total. The quantitative estimate of drug-likeness (QED) is 0.00924. The molecule has 0 saturated carbocycles. The zero-order chi connectivity index (χ0) is 103. The zero-order valence-corrected chi connectivity index (χ0v) is 78.0. The molecule has 732 valence electrons. The van der Waals surface area contributed by atoms with E-state index in [1.807, 2.05) is 60.7 Å². The van der Waals surface area contributed by atoms with Crippen molar-refractivity contribution in [1.29, 1.82) is 0 Å². The number of ether oxygens (including phenoxy) is 16. The molecule has 0 aliphatic rings. The number of hydrazone groups is 2. The van der Waals surface area contributed by atoms with Gasteiger partial charge in [0.25, 0.3) is 0 Å². The lowest BCUT2D eigenvalue weighted by Crippen LogP contribution is -2.30. The number of nitrogens with one attached hydrogen (secondary N) is 1. The van der Waals surface area contributed by atoms with Crippen molar-refractivity contribution in [2.75, 3.05) is 76.9 Å². The Bertz CT molecular complexity index is 6670. The van der Waals surface area contributed by atoms with Crippen LogP contribution in [0.25, 0.3) is 43.4 Å². The van der Waals surface area contributed by atoms with Crippen molar-refractivity contribution in [3.63, 3.8) is 0 Å². The first kappa shape index (κ1) is 107. The van der Waals surface area contributed by atoms with E-state index in [0.717, 1.165) is 97.5 Å². The first-order chi connectivity index (χ1) is 69.1. The Labute approximate surface area is 824 Å². The van der Waals surface area contributed by atoms with Gasteiger partial charge in [0.2, 0.25) is 10.3 Å². The van der Waals surface area contributed by atoms with Crippen LogP contribution < -0.4 is 34.1 Å². The molecule has 0 saturated heterocycles. The van der Waals surface area contributed by atoms with E-state index in [-0.39, 0.29) is 91.1 Å². The molecule has 0 radical (unpaired) electrons. The van der Waals surface area contributed by atoms with Gasteiger partial charge in [-0.25, -0.2) is 82.1 Å². The van der Waals surface area contributed by atoms with Gasteiger partial charge in [-0.15, -0.1) is 0 Å². The van der Waals surface area contributed by atoms with Crippen LogP contribution in [0.2, 0.25) is 0 Å². The monoisotopic (exact) mass is 1980 g/mol. The summed E-state index contributed by atoms with van der Waals surface area (Å²) in [6.07, 6.45) is 11.7. The van der Waals surface area contributed by atoms with Crippen LogP contribution in [-0.2, 0) is 106 Å². The van der Waals surface area contributed by atoms with E-state index in [4.69, 9.17) is 80.8 Å². The number of carbonyl (C=O) groups is 14. The van der Waals surface area contributed by atoms with E-state index in [0.29, 0.717) is 38.5 Å². The normalized spacial score (nSPS) is 11.6. The summed E-state index contributed by atoms with van der Waals surface area (Å²) in [5, 5.41) is 13.8. The van der Waals surface area contributed by atoms with E-state index in [1.54, 1.807) is 60.7 Å². The SMILES string of the molecule is C=CC(=O)OCC(COC(=O)/C=C/c1ccc(C(=O)Oc2ccc(OC(=O)c3ccc(/C=C/C(=O)OCC(COC(=O)C=C)OC(=O)C=C)cc3)c(/C=N/Nc3nc4ccccc4s3)c2)cc1)OC(=O)C=C.C=CC(=O)OCC(COc1ccc(C(=O)OCCc2ccc(OC(=O)c3ccc(OCC(COC(=O)C=C)OC(=O)C=C)cc3)c(/C=N/N(C)c3nc4c(ccc5ccccc54)s3)c2)cc1)OC(=O)C=C. The predicted octanol–water partition coefficient (Wildman–Crippen LogP) is 14.9. The van der Waals surface area contributed by atoms with Crippen molar-refractivity contribution in [3.05, 3.63) is 358 Å². The molecule has 38 heteroatoms. The number of hydrogen-bond donors (Lipinski definition) is 1. The first-order valence-electron chi connectivity index (χ1n) is 42.8. The number of aromatic nitrogens is 2. The highest BCUT2D eigenvalue weighted by molar-refractivity contribution is 7.22. The minimum atomic E-state index is -1.10. The van der Waals surface area contributed by atoms with Gasteiger partial charge in [-0.2, -0.15) is 10.2 Å². The average molecular weight is 1980 g/mol. The molecule has 0 bridgehead atoms. The number of nitrogens with zero attached hydrogens (tertiary/aromatic N) is 5. The summed E-state index contributed by atoms with van der Waals surface area (Å²) in [7, 11) is 1.76. The largest absolute Gasteiger partial charge is 0.490 e. The van der Waals surface area contributed by atoms with E-state index in [1.165, 1.54) is 132 Å². The lowest BCUT2D eigenvalue weighted by Gasteiger charge is -2.17. The highest BCUT2D eigenvalue weighted by Gasteiger charge is 2.25. The number of benzene rings is 9. The third-order valence-electron chi connectivity index (χ3n) is 19.0. The lowest BCUT2D eigenvalue weighted by molar-refractivity contribution is -0.160. The van der Waals surface area contributed by atoms with Crippen LogP contribution in [0.4, 0.5) is 10.3 Å². The molecule has 4 unspecified atom stereocenters. The molecule has 0 aliphatic carbocycles. The number of para-hydroxylation sites is 1. The Hall–Kier alpha value is -18.5. The van der Waals surface area contributed by atoms with Crippen LogP contribution in [0.5, 0.6) is 28.7 Å². The van der Waals surface area contributed by atoms with Gasteiger partial charge in [0.15, 0.2) is 24.4 Å². The molecule has 0 aliphatic heterocycles. The van der Waals surface area contributed by atoms with Crippen LogP contribution in [0, 0.1) is 0 Å². The smallest absolute Gasteiger partial charge is 0.343 e. The van der Waals surface area contributed by atoms with Gasteiger partial charge >= 0.3 is 83.6 Å². The number of hydrogen-bond acceptors (Lipinski definition) is 38. The Balaban J connectivity index is 0.000000294. The van der Waals surface area contributed by atoms with Gasteiger partial charge in [-0.3, -0.25) is 5.43 Å². The van der Waals surface area contributed by atoms with Gasteiger partial charge in [0.1, 0.15) is 81.6 Å². The van der Waals surface area contributed by atoms with Crippen LogP contribution in [-0.4, -0.2) is 197 Å². The van der Waals surface area contributed by atoms with Crippen molar-refractivity contribution >= 4 is 172 Å². The first-order valence-corrected chi connectivity index (χ1v) is 44.4. The van der Waals surface area contributed by atoms with Gasteiger partial charge < -0.3 is 75.8 Å². The zero-order valence-electron chi connectivity index (χ0n) is 76.4. The Morgan fingerprint density at radius 2 is 0.783 bits per heavy atom. The summed E-state index contributed by atoms with van der Waals surface area (Å²) in [4.78, 5) is 180. The number of rotatable bonds is 50. The minimum Gasteiger partial charge on any atom is -0.490 e. The summed E-state index contributed by atoms with van der Waals surface area (Å²) in [6, 6.07) is 53.1. The molecule has 9 aromatic carbocycles. The van der Waals surface area contributed by atoms with Crippen molar-refractivity contribution < 1.29 is 143 Å². The molecule has 2 aromatic heterocycles. The Kier molecular flexibility index (Phi) is 41.0. The summed E-state index contributed by atoms with van der Waals surface area (Å²) in [5.74, 6) is -9.39. The second-order valence-electron chi connectivity index (χ2n) is 29.1. The van der Waals surface area contributed by atoms with Crippen molar-refractivity contribution in [2.24, 2.45) is 10.2 Å². The Morgan fingerprint density at radius 3 is 1.25 bits per heavy atom. The van der Waals surface area contributed by atoms with E-state index in [2.05, 4.69) is 73.2 Å². The van der Waals surface area contributed by atoms with Gasteiger partial charge in [-0.1, -0.05) is 148 Å². The molecule has 0 amide bonds. The van der Waals surface area contributed by atoms with Gasteiger partial charge in [-0.05, 0) is 156 Å². The van der Waals surface area contributed by atoms with E-state index >= 15 is 0 Å². The third-order valence-corrected chi connectivity index (χ3v) is 21.0. The Morgan fingerprint density at radius 1 is 0.378 bits per heavy atom. The van der Waals surface area contributed by atoms with Crippen molar-refractivity contribution in [3.8, 4) is 28.7 Å². The average Bonchev–Trinajstić information content (AvgIpc) is 1.64. The molecule has 4 atom stereocenters. The standard InChI is InChI=1S/C53H47N3O14S.C52H43N3O16S/c1-6-46(57)66-32-41(68-48(59)8-3)30-64-39-20-15-36(16-21-39)51(61)63-27-26-34-14-24-44(38(28-34)29-54-56(5)53-55-50-43-13-11-10-12-35(43)19-25-45(50)71-53)70-52(62)37-17-22-40(23-18-37)65-31-42(69-49(60)9-4)33-67-47(58)7-2;1-5-44(56)64-29-39(68-46(58)7-3)31-66-48(60)25-17-33-13-19-35(20-14-33)50(62)70-38-23-24-42(37(27-38)28-53-55-52-54-41-11-9-10-12-43(41)72-52)71-51(63)36-21-15-34(16-22-36)18-26-49(61)67-32-40(69-47(59)8-4)30-65-45(57)6-2/h6-25,28-29,41-42H,1-4,26-27,30-33H2,5H3;5-28,39-40H,1-4,29-32H2,(H,54,55)/b54-29+;25-17+,26-18+,53-28+. The number of carbonyl (C=O) groups excluding carboxylic acids is 14. The fourth-order valence-corrected chi connectivity index (χ4v) is 13.6. The highest BCUT2D eigenvalue weighted by atomic mass is 32.1. The third kappa shape index (κ3) is 34.6. The topological polar surface area (TPSA) is 452 Å². The second kappa shape index (κ2) is 55.1. The maximum Gasteiger partial charge on any atom is 0.343 e. The molecule has 2 heterocycles. The van der Waals surface area contributed by atoms with Crippen LogP contribution in [0.15, 0.2) is 318 Å². The fraction of sp³-hybridized carbons (Fsp3) is 0.143. The summed E-state index contributed by atoms with van der Waals surface area (Å²) in [6.45, 7) is 24.1. The molecule has 0 spiro atoms. The molecular weight excluding hydrogens is 1890 g/mol. The summed E-state index contributed by atoms with van der Waals surface area (Å²) in [5.41, 5.74) is 7.63. The predicted molar refractivity (Wildman–Crippen MR) is 527 cm³/mol. The van der Waals surface area contributed by atoms with E-state index < -0.39 is 128 Å². The molecule has 0 fully saturated rings. The van der Waals surface area contributed by atoms with Crippen molar-refractivity contribution in [1.82, 2.24) is 9.97 Å². The maximum absolute atomic E-state index is 13.5. The van der Waals surface area contributed by atoms with Crippen LogP contribution >= 0.6 is 22.7 Å². The van der Waals surface area contributed by atoms with E-state index in [9.17, 15) is 67.1 Å². The number of thiazole rings is 2. The summed E-state index contributed by atoms with van der Waals surface area (Å²) >= 11 is 2.83. The molecular formula is C105H90N6O30S2. The number of fused-ring (bicyclic) bond motifs is 4. The molecule has 11 aromatic rings. The molecule has 11 rings (SSSR count). The number of esters is 14. The van der Waals surface area contributed by atoms with Gasteiger partial charge in [0, 0.05) is 90.7 Å². The fourth-order valence-electron chi connectivity index (χ4n) is 11.9. The number of anilines is 2. The molecule has 143 heavy (non-hydrogen) atoms. The van der Waals surface area contributed by atoms with Crippen LogP contribution in [0.1, 0.15) is 69.2 Å². The highest BCUT2D eigenvalue weighted by Crippen LogP contribution is 2.35. The second-order valence-corrected chi connectivity index (χ2v) is 31.2. The minimum absolute atomic E-state index is 0.00201. The maximum atomic E-state index is 13.5.